The molecule has 17 heavy (non-hydrogen) atoms. The van der Waals surface area contributed by atoms with Crippen LogP contribution in [-0.2, 0) is 0 Å². The van der Waals surface area contributed by atoms with Gasteiger partial charge in [0.2, 0.25) is 0 Å². The van der Waals surface area contributed by atoms with Gasteiger partial charge in [-0.05, 0) is 33.5 Å². The first-order chi connectivity index (χ1) is 7.97. The fourth-order valence-corrected chi connectivity index (χ4v) is 1.45. The van der Waals surface area contributed by atoms with Crippen LogP contribution in [0.5, 0.6) is 0 Å². The second-order valence-electron chi connectivity index (χ2n) is 4.45. The Kier molecular flexibility index (Phi) is 4.41. The van der Waals surface area contributed by atoms with E-state index in [1.165, 1.54) is 0 Å². The van der Waals surface area contributed by atoms with Crippen molar-refractivity contribution in [2.75, 3.05) is 39.1 Å². The standard InChI is InChI=1S/C12H19N5/c1-9-10(2)14-15-12(11(9)8-13)17(5)7-6-16(3)4/h6-7H2,1-5H3. The van der Waals surface area contributed by atoms with Crippen LogP contribution in [0.4, 0.5) is 5.82 Å². The van der Waals surface area contributed by atoms with E-state index in [1.54, 1.807) is 0 Å². The van der Waals surface area contributed by atoms with Gasteiger partial charge in [-0.15, -0.1) is 5.10 Å². The maximum atomic E-state index is 9.20. The molecular formula is C12H19N5. The van der Waals surface area contributed by atoms with Gasteiger partial charge < -0.3 is 9.80 Å². The molecule has 0 bridgehead atoms. The van der Waals surface area contributed by atoms with Gasteiger partial charge in [0.05, 0.1) is 5.69 Å². The van der Waals surface area contributed by atoms with Crippen LogP contribution in [-0.4, -0.2) is 49.3 Å². The molecule has 0 atom stereocenters. The Balaban J connectivity index is 2.98. The largest absolute Gasteiger partial charge is 0.356 e. The molecule has 0 radical (unpaired) electrons. The molecule has 92 valence electrons. The molecule has 0 fully saturated rings. The Labute approximate surface area is 103 Å². The third-order valence-electron chi connectivity index (χ3n) is 2.79. The average molecular weight is 233 g/mol. The highest BCUT2D eigenvalue weighted by Crippen LogP contribution is 2.19. The summed E-state index contributed by atoms with van der Waals surface area (Å²) < 4.78 is 0. The Hall–Kier alpha value is -1.67. The smallest absolute Gasteiger partial charge is 0.169 e. The first-order valence-corrected chi connectivity index (χ1v) is 5.57. The number of rotatable bonds is 4. The predicted octanol–water partition coefficient (Wildman–Crippen LogP) is 0.963. The van der Waals surface area contributed by atoms with E-state index in [2.05, 4.69) is 21.2 Å². The van der Waals surface area contributed by atoms with E-state index in [0.717, 1.165) is 24.3 Å². The molecule has 0 aromatic carbocycles. The van der Waals surface area contributed by atoms with E-state index < -0.39 is 0 Å². The first-order valence-electron chi connectivity index (χ1n) is 5.57. The van der Waals surface area contributed by atoms with Gasteiger partial charge in [0.15, 0.2) is 5.82 Å². The number of hydrogen-bond acceptors (Lipinski definition) is 5. The van der Waals surface area contributed by atoms with Crippen LogP contribution in [0.25, 0.3) is 0 Å². The number of aromatic nitrogens is 2. The Morgan fingerprint density at radius 2 is 1.76 bits per heavy atom. The molecule has 0 amide bonds. The van der Waals surface area contributed by atoms with Crippen LogP contribution in [0.3, 0.4) is 0 Å². The van der Waals surface area contributed by atoms with Gasteiger partial charge in [-0.2, -0.15) is 10.4 Å². The van der Waals surface area contributed by atoms with Crippen LogP contribution in [0.15, 0.2) is 0 Å². The molecule has 0 spiro atoms. The summed E-state index contributed by atoms with van der Waals surface area (Å²) in [7, 11) is 5.97. The van der Waals surface area contributed by atoms with Gasteiger partial charge in [0.25, 0.3) is 0 Å². The molecule has 0 saturated carbocycles. The highest BCUT2D eigenvalue weighted by Gasteiger charge is 2.14. The van der Waals surface area contributed by atoms with Crippen molar-refractivity contribution in [3.05, 3.63) is 16.8 Å². The summed E-state index contributed by atoms with van der Waals surface area (Å²) in [6.07, 6.45) is 0. The zero-order valence-electron chi connectivity index (χ0n) is 11.2. The predicted molar refractivity (Wildman–Crippen MR) is 68.0 cm³/mol. The molecular weight excluding hydrogens is 214 g/mol. The highest BCUT2D eigenvalue weighted by molar-refractivity contribution is 5.57. The number of likely N-dealkylation sites (N-methyl/N-ethyl adjacent to an activating group) is 2. The SMILES string of the molecule is Cc1nnc(N(C)CCN(C)C)c(C#N)c1C. The molecule has 1 rings (SSSR count). The fourth-order valence-electron chi connectivity index (χ4n) is 1.45. The van der Waals surface area contributed by atoms with E-state index >= 15 is 0 Å². The topological polar surface area (TPSA) is 56.1 Å². The molecule has 5 heteroatoms. The lowest BCUT2D eigenvalue weighted by atomic mass is 10.1. The summed E-state index contributed by atoms with van der Waals surface area (Å²) in [5.74, 6) is 0.664. The van der Waals surface area contributed by atoms with Gasteiger partial charge in [-0.25, -0.2) is 0 Å². The quantitative estimate of drug-likeness (QED) is 0.775. The van der Waals surface area contributed by atoms with E-state index in [9.17, 15) is 5.26 Å². The summed E-state index contributed by atoms with van der Waals surface area (Å²) in [6, 6.07) is 2.22. The zero-order valence-corrected chi connectivity index (χ0v) is 11.2. The van der Waals surface area contributed by atoms with Crippen molar-refractivity contribution in [1.29, 1.82) is 5.26 Å². The van der Waals surface area contributed by atoms with Crippen molar-refractivity contribution in [1.82, 2.24) is 15.1 Å². The van der Waals surface area contributed by atoms with Gasteiger partial charge in [-0.1, -0.05) is 0 Å². The van der Waals surface area contributed by atoms with Gasteiger partial charge in [-0.3, -0.25) is 0 Å². The van der Waals surface area contributed by atoms with Crippen molar-refractivity contribution >= 4 is 5.82 Å². The monoisotopic (exact) mass is 233 g/mol. The Morgan fingerprint density at radius 3 is 2.29 bits per heavy atom. The summed E-state index contributed by atoms with van der Waals surface area (Å²) in [5.41, 5.74) is 2.35. The minimum atomic E-state index is 0.624. The van der Waals surface area contributed by atoms with Crippen LogP contribution in [0.1, 0.15) is 16.8 Å². The van der Waals surface area contributed by atoms with Crippen molar-refractivity contribution in [3.63, 3.8) is 0 Å². The molecule has 0 N–H and O–H groups in total. The number of aryl methyl sites for hydroxylation is 1. The van der Waals surface area contributed by atoms with E-state index in [-0.39, 0.29) is 0 Å². The summed E-state index contributed by atoms with van der Waals surface area (Å²) in [6.45, 7) is 5.51. The van der Waals surface area contributed by atoms with Crippen LogP contribution >= 0.6 is 0 Å². The Bertz CT molecular complexity index is 433. The lowest BCUT2D eigenvalue weighted by molar-refractivity contribution is 0.416. The second-order valence-corrected chi connectivity index (χ2v) is 4.45. The fraction of sp³-hybridized carbons (Fsp3) is 0.583. The van der Waals surface area contributed by atoms with Crippen molar-refractivity contribution in [3.8, 4) is 6.07 Å². The molecule has 0 aliphatic heterocycles. The average Bonchev–Trinajstić information content (AvgIpc) is 2.29. The van der Waals surface area contributed by atoms with E-state index in [1.807, 2.05) is 39.9 Å². The molecule has 1 heterocycles. The van der Waals surface area contributed by atoms with Crippen LogP contribution in [0, 0.1) is 25.2 Å². The molecule has 0 unspecified atom stereocenters. The second kappa shape index (κ2) is 5.60. The lowest BCUT2D eigenvalue weighted by Gasteiger charge is -2.21. The molecule has 0 saturated heterocycles. The third kappa shape index (κ3) is 3.14. The number of anilines is 1. The number of nitriles is 1. The van der Waals surface area contributed by atoms with E-state index in [4.69, 9.17) is 0 Å². The highest BCUT2D eigenvalue weighted by atomic mass is 15.3. The number of hydrogen-bond donors (Lipinski definition) is 0. The first kappa shape index (κ1) is 13.4. The van der Waals surface area contributed by atoms with Gasteiger partial charge in [0.1, 0.15) is 11.6 Å². The van der Waals surface area contributed by atoms with Crippen molar-refractivity contribution in [2.24, 2.45) is 0 Å². The lowest BCUT2D eigenvalue weighted by Crippen LogP contribution is -2.30. The molecule has 0 aliphatic rings. The van der Waals surface area contributed by atoms with Gasteiger partial charge in [0, 0.05) is 20.1 Å². The third-order valence-corrected chi connectivity index (χ3v) is 2.79. The van der Waals surface area contributed by atoms with E-state index in [0.29, 0.717) is 11.4 Å². The zero-order chi connectivity index (χ0) is 13.0. The van der Waals surface area contributed by atoms with Crippen LogP contribution < -0.4 is 4.90 Å². The Morgan fingerprint density at radius 1 is 1.12 bits per heavy atom. The molecule has 1 aromatic heterocycles. The van der Waals surface area contributed by atoms with Crippen LogP contribution in [0.2, 0.25) is 0 Å². The van der Waals surface area contributed by atoms with Gasteiger partial charge >= 0.3 is 0 Å². The van der Waals surface area contributed by atoms with Crippen molar-refractivity contribution in [2.45, 2.75) is 13.8 Å². The molecule has 5 nitrogen and oxygen atoms in total. The maximum Gasteiger partial charge on any atom is 0.169 e. The summed E-state index contributed by atoms with van der Waals surface area (Å²) in [4.78, 5) is 4.06. The minimum absolute atomic E-state index is 0.624. The minimum Gasteiger partial charge on any atom is -0.356 e. The molecule has 0 aliphatic carbocycles. The number of nitrogens with zero attached hydrogens (tertiary/aromatic N) is 5. The maximum absolute atomic E-state index is 9.20. The normalized spacial score (nSPS) is 10.4. The molecule has 1 aromatic rings. The van der Waals surface area contributed by atoms with Crippen molar-refractivity contribution < 1.29 is 0 Å². The summed E-state index contributed by atoms with van der Waals surface area (Å²) in [5, 5.41) is 17.4. The summed E-state index contributed by atoms with van der Waals surface area (Å²) >= 11 is 0.